The van der Waals surface area contributed by atoms with Gasteiger partial charge >= 0.3 is 0 Å². The zero-order chi connectivity index (χ0) is 13.8. The van der Waals surface area contributed by atoms with E-state index in [1.165, 1.54) is 18.2 Å². The van der Waals surface area contributed by atoms with E-state index >= 15 is 0 Å². The monoisotopic (exact) mass is 281 g/mol. The number of ether oxygens (including phenoxy) is 1. The van der Waals surface area contributed by atoms with Crippen LogP contribution in [0.1, 0.15) is 24.3 Å². The third-order valence-electron chi connectivity index (χ3n) is 3.33. The normalized spacial score (nSPS) is 17.7. The number of nitrogens with zero attached hydrogens (tertiary/aromatic N) is 1. The Kier molecular flexibility index (Phi) is 4.52. The topological polar surface area (TPSA) is 50.1 Å². The highest BCUT2D eigenvalue weighted by Gasteiger charge is 2.32. The van der Waals surface area contributed by atoms with Crippen molar-refractivity contribution in [3.05, 3.63) is 34.6 Å². The number of carbonyl (C=O) groups excluding carboxylic acids is 1. The first-order valence-corrected chi connectivity index (χ1v) is 6.48. The minimum atomic E-state index is -1.14. The van der Waals surface area contributed by atoms with Gasteiger partial charge in [-0.3, -0.25) is 4.79 Å². The molecule has 1 aromatic rings. The van der Waals surface area contributed by atoms with Crippen molar-refractivity contribution in [2.45, 2.75) is 18.8 Å². The highest BCUT2D eigenvalue weighted by Crippen LogP contribution is 2.31. The molecule has 3 nitrogen and oxygen atoms in total. The fraction of sp³-hybridized carbons (Fsp3) is 0.429. The molecule has 19 heavy (non-hydrogen) atoms. The molecule has 0 spiro atoms. The van der Waals surface area contributed by atoms with Crippen LogP contribution in [0.3, 0.4) is 0 Å². The van der Waals surface area contributed by atoms with E-state index in [1.807, 2.05) is 6.07 Å². The number of hydrogen-bond donors (Lipinski definition) is 0. The van der Waals surface area contributed by atoms with E-state index < -0.39 is 11.7 Å². The van der Waals surface area contributed by atoms with Gasteiger partial charge in [0.1, 0.15) is 11.7 Å². The van der Waals surface area contributed by atoms with Gasteiger partial charge in [0.25, 0.3) is 0 Å². The maximum atomic E-state index is 13.8. The van der Waals surface area contributed by atoms with E-state index in [0.29, 0.717) is 26.1 Å². The molecule has 1 aromatic carbocycles. The second-order valence-electron chi connectivity index (χ2n) is 4.49. The van der Waals surface area contributed by atoms with Gasteiger partial charge in [0, 0.05) is 29.7 Å². The highest BCUT2D eigenvalue weighted by molar-refractivity contribution is 6.31. The van der Waals surface area contributed by atoms with Gasteiger partial charge in [-0.1, -0.05) is 17.7 Å². The Hall–Kier alpha value is -1.44. The van der Waals surface area contributed by atoms with Crippen LogP contribution in [0.5, 0.6) is 0 Å². The Bertz CT molecular complexity index is 500. The summed E-state index contributed by atoms with van der Waals surface area (Å²) in [5.74, 6) is -2.27. The lowest BCUT2D eigenvalue weighted by Gasteiger charge is -2.23. The van der Waals surface area contributed by atoms with Gasteiger partial charge in [0.2, 0.25) is 0 Å². The summed E-state index contributed by atoms with van der Waals surface area (Å²) < 4.78 is 19.0. The van der Waals surface area contributed by atoms with Crippen LogP contribution in [-0.4, -0.2) is 19.0 Å². The molecule has 5 heteroatoms. The third-order valence-corrected chi connectivity index (χ3v) is 3.66. The van der Waals surface area contributed by atoms with Crippen molar-refractivity contribution in [3.8, 4) is 6.07 Å². The molecule has 0 N–H and O–H groups in total. The van der Waals surface area contributed by atoms with E-state index in [4.69, 9.17) is 16.3 Å². The smallest absolute Gasteiger partial charge is 0.157 e. The van der Waals surface area contributed by atoms with Crippen molar-refractivity contribution in [1.82, 2.24) is 0 Å². The van der Waals surface area contributed by atoms with Crippen molar-refractivity contribution in [2.24, 2.45) is 5.92 Å². The van der Waals surface area contributed by atoms with Gasteiger partial charge in [-0.2, -0.15) is 5.26 Å². The molecule has 1 aliphatic heterocycles. The van der Waals surface area contributed by atoms with Crippen LogP contribution in [0, 0.1) is 23.1 Å². The number of Topliss-reactive ketones (excluding diaryl/α,β-unsaturated/α-hetero) is 1. The lowest BCUT2D eigenvalue weighted by Crippen LogP contribution is -2.28. The zero-order valence-electron chi connectivity index (χ0n) is 10.2. The lowest BCUT2D eigenvalue weighted by molar-refractivity contribution is -0.126. The molecule has 0 bridgehead atoms. The van der Waals surface area contributed by atoms with Gasteiger partial charge < -0.3 is 4.74 Å². The minimum Gasteiger partial charge on any atom is -0.381 e. The van der Waals surface area contributed by atoms with Crippen molar-refractivity contribution in [2.75, 3.05) is 13.2 Å². The molecule has 1 unspecified atom stereocenters. The first kappa shape index (κ1) is 14.0. The van der Waals surface area contributed by atoms with Gasteiger partial charge in [-0.25, -0.2) is 4.39 Å². The van der Waals surface area contributed by atoms with Crippen LogP contribution in [0.2, 0.25) is 5.02 Å². The number of nitriles is 1. The van der Waals surface area contributed by atoms with Crippen LogP contribution in [-0.2, 0) is 9.53 Å². The Morgan fingerprint density at radius 2 is 2.16 bits per heavy atom. The van der Waals surface area contributed by atoms with E-state index in [1.54, 1.807) is 0 Å². The Morgan fingerprint density at radius 1 is 1.47 bits per heavy atom. The maximum absolute atomic E-state index is 13.8. The summed E-state index contributed by atoms with van der Waals surface area (Å²) in [6, 6.07) is 6.03. The number of rotatable bonds is 3. The number of benzene rings is 1. The molecule has 1 fully saturated rings. The molecule has 0 aromatic heterocycles. The van der Waals surface area contributed by atoms with Crippen molar-refractivity contribution in [3.63, 3.8) is 0 Å². The summed E-state index contributed by atoms with van der Waals surface area (Å²) in [6.07, 6.45) is 1.15. The number of carbonyl (C=O) groups is 1. The molecule has 0 aliphatic carbocycles. The van der Waals surface area contributed by atoms with Gasteiger partial charge in [0.05, 0.1) is 6.07 Å². The maximum Gasteiger partial charge on any atom is 0.157 e. The minimum absolute atomic E-state index is 0.0110. The number of hydrogen-bond acceptors (Lipinski definition) is 3. The summed E-state index contributed by atoms with van der Waals surface area (Å²) in [5.41, 5.74) is -0.0110. The summed E-state index contributed by atoms with van der Waals surface area (Å²) in [5, 5.41) is 9.32. The second-order valence-corrected chi connectivity index (χ2v) is 4.89. The summed E-state index contributed by atoms with van der Waals surface area (Å²) in [6.45, 7) is 0.999. The first-order valence-electron chi connectivity index (χ1n) is 6.10. The van der Waals surface area contributed by atoms with Gasteiger partial charge in [0.15, 0.2) is 5.78 Å². The number of halogens is 2. The van der Waals surface area contributed by atoms with Crippen LogP contribution in [0.4, 0.5) is 4.39 Å². The second kappa shape index (κ2) is 6.14. The largest absolute Gasteiger partial charge is 0.381 e. The summed E-state index contributed by atoms with van der Waals surface area (Å²) >= 11 is 5.92. The van der Waals surface area contributed by atoms with Gasteiger partial charge in [-0.15, -0.1) is 0 Å². The molecule has 2 rings (SSSR count). The van der Waals surface area contributed by atoms with E-state index in [0.717, 1.165) is 0 Å². The number of ketones is 1. The lowest BCUT2D eigenvalue weighted by atomic mass is 9.84. The van der Waals surface area contributed by atoms with Crippen molar-refractivity contribution >= 4 is 17.4 Å². The molecule has 1 aliphatic rings. The highest BCUT2D eigenvalue weighted by atomic mass is 35.5. The SMILES string of the molecule is N#CC(C(=O)C1CCOCC1)c1c(F)cccc1Cl. The van der Waals surface area contributed by atoms with E-state index in [2.05, 4.69) is 0 Å². The predicted molar refractivity (Wildman–Crippen MR) is 68.3 cm³/mol. The van der Waals surface area contributed by atoms with E-state index in [9.17, 15) is 14.4 Å². The first-order chi connectivity index (χ1) is 9.15. The van der Waals surface area contributed by atoms with Crippen LogP contribution >= 0.6 is 11.6 Å². The Balaban J connectivity index is 2.29. The molecule has 100 valence electrons. The summed E-state index contributed by atoms with van der Waals surface area (Å²) in [4.78, 5) is 12.3. The fourth-order valence-electron chi connectivity index (χ4n) is 2.27. The van der Waals surface area contributed by atoms with Gasteiger partial charge in [-0.05, 0) is 25.0 Å². The third kappa shape index (κ3) is 2.94. The summed E-state index contributed by atoms with van der Waals surface area (Å²) in [7, 11) is 0. The molecule has 1 heterocycles. The quantitative estimate of drug-likeness (QED) is 0.855. The van der Waals surface area contributed by atoms with Crippen molar-refractivity contribution < 1.29 is 13.9 Å². The average molecular weight is 282 g/mol. The molecule has 0 amide bonds. The average Bonchev–Trinajstić information content (AvgIpc) is 2.43. The zero-order valence-corrected chi connectivity index (χ0v) is 11.0. The Labute approximate surface area is 115 Å². The van der Waals surface area contributed by atoms with Crippen LogP contribution in [0.25, 0.3) is 0 Å². The molecule has 0 radical (unpaired) electrons. The van der Waals surface area contributed by atoms with E-state index in [-0.39, 0.29) is 22.3 Å². The fourth-order valence-corrected chi connectivity index (χ4v) is 2.55. The molecular weight excluding hydrogens is 269 g/mol. The van der Waals surface area contributed by atoms with Crippen LogP contribution < -0.4 is 0 Å². The Morgan fingerprint density at radius 3 is 2.74 bits per heavy atom. The predicted octanol–water partition coefficient (Wildman–Crippen LogP) is 3.08. The molecule has 0 saturated carbocycles. The van der Waals surface area contributed by atoms with Crippen molar-refractivity contribution in [1.29, 1.82) is 5.26 Å². The molecular formula is C14H13ClFNO2. The molecule has 1 saturated heterocycles. The standard InChI is InChI=1S/C14H13ClFNO2/c15-11-2-1-3-12(16)13(11)10(8-17)14(18)9-4-6-19-7-5-9/h1-3,9-10H,4-7H2. The molecule has 1 atom stereocenters. The van der Waals surface area contributed by atoms with Crippen LogP contribution in [0.15, 0.2) is 18.2 Å².